The summed E-state index contributed by atoms with van der Waals surface area (Å²) >= 11 is 0. The van der Waals surface area contributed by atoms with Crippen LogP contribution >= 0.6 is 0 Å². The summed E-state index contributed by atoms with van der Waals surface area (Å²) in [5.74, 6) is 0.417. The zero-order valence-electron chi connectivity index (χ0n) is 14.2. The summed E-state index contributed by atoms with van der Waals surface area (Å²) in [4.78, 5) is 17.7. The molecule has 0 atom stereocenters. The Morgan fingerprint density at radius 1 is 1.24 bits per heavy atom. The smallest absolute Gasteiger partial charge is 0.228 e. The number of amides is 1. The molecule has 0 bridgehead atoms. The summed E-state index contributed by atoms with van der Waals surface area (Å²) in [6.07, 6.45) is 6.45. The van der Waals surface area contributed by atoms with Gasteiger partial charge in [0.1, 0.15) is 0 Å². The Morgan fingerprint density at radius 2 is 1.86 bits per heavy atom. The van der Waals surface area contributed by atoms with Gasteiger partial charge < -0.3 is 15.1 Å². The maximum Gasteiger partial charge on any atom is 0.228 e. The lowest BCUT2D eigenvalue weighted by atomic mass is 9.74. The monoisotopic (exact) mass is 295 g/mol. The molecule has 122 valence electrons. The van der Waals surface area contributed by atoms with E-state index in [9.17, 15) is 4.79 Å². The van der Waals surface area contributed by atoms with Crippen molar-refractivity contribution in [3.8, 4) is 0 Å². The number of likely N-dealkylation sites (tertiary alicyclic amines) is 1. The number of piperidine rings is 2. The lowest BCUT2D eigenvalue weighted by Gasteiger charge is -2.43. The molecule has 0 aliphatic carbocycles. The van der Waals surface area contributed by atoms with Crippen molar-refractivity contribution < 1.29 is 4.79 Å². The molecule has 0 spiro atoms. The summed E-state index contributed by atoms with van der Waals surface area (Å²) in [5, 5.41) is 3.41. The first-order chi connectivity index (χ1) is 10.1. The Bertz CT molecular complexity index is 325. The third kappa shape index (κ3) is 3.78. The van der Waals surface area contributed by atoms with E-state index in [4.69, 9.17) is 0 Å². The molecule has 2 heterocycles. The maximum atomic E-state index is 13.1. The van der Waals surface area contributed by atoms with E-state index in [1.54, 1.807) is 0 Å². The Morgan fingerprint density at radius 3 is 2.38 bits per heavy atom. The van der Waals surface area contributed by atoms with Crippen molar-refractivity contribution in [1.29, 1.82) is 0 Å². The summed E-state index contributed by atoms with van der Waals surface area (Å²) in [6, 6.07) is 0.448. The van der Waals surface area contributed by atoms with Crippen LogP contribution in [0.25, 0.3) is 0 Å². The number of nitrogens with one attached hydrogen (secondary N) is 1. The zero-order valence-corrected chi connectivity index (χ0v) is 14.2. The third-order valence-corrected chi connectivity index (χ3v) is 5.62. The fraction of sp³-hybridized carbons (Fsp3) is 0.941. The van der Waals surface area contributed by atoms with Crippen LogP contribution in [-0.4, -0.2) is 61.5 Å². The molecule has 0 aromatic carbocycles. The Kier molecular flexibility index (Phi) is 6.06. The largest absolute Gasteiger partial charge is 0.342 e. The van der Waals surface area contributed by atoms with Crippen molar-refractivity contribution in [2.45, 2.75) is 58.4 Å². The molecular weight excluding hydrogens is 262 g/mol. The first-order valence-electron chi connectivity index (χ1n) is 8.83. The van der Waals surface area contributed by atoms with Gasteiger partial charge in [-0.05, 0) is 51.7 Å². The van der Waals surface area contributed by atoms with E-state index in [0.29, 0.717) is 11.9 Å². The minimum Gasteiger partial charge on any atom is -0.342 e. The molecule has 2 saturated heterocycles. The fourth-order valence-electron chi connectivity index (χ4n) is 4.12. The highest BCUT2D eigenvalue weighted by Gasteiger charge is 2.42. The maximum absolute atomic E-state index is 13.1. The van der Waals surface area contributed by atoms with E-state index >= 15 is 0 Å². The van der Waals surface area contributed by atoms with Crippen LogP contribution in [0.4, 0.5) is 0 Å². The van der Waals surface area contributed by atoms with Gasteiger partial charge in [0.05, 0.1) is 5.41 Å². The van der Waals surface area contributed by atoms with Gasteiger partial charge >= 0.3 is 0 Å². The normalized spacial score (nSPS) is 24.0. The van der Waals surface area contributed by atoms with Gasteiger partial charge in [0.15, 0.2) is 0 Å². The molecule has 21 heavy (non-hydrogen) atoms. The molecule has 0 saturated carbocycles. The molecule has 4 heteroatoms. The van der Waals surface area contributed by atoms with Gasteiger partial charge in [0.2, 0.25) is 5.91 Å². The van der Waals surface area contributed by atoms with Crippen LogP contribution in [0, 0.1) is 5.41 Å². The van der Waals surface area contributed by atoms with Crippen molar-refractivity contribution in [2.75, 3.05) is 39.8 Å². The molecule has 2 aliphatic rings. The molecule has 2 fully saturated rings. The van der Waals surface area contributed by atoms with Gasteiger partial charge in [-0.1, -0.05) is 20.3 Å². The van der Waals surface area contributed by atoms with Crippen LogP contribution in [0.3, 0.4) is 0 Å². The minimum absolute atomic E-state index is 0.0867. The van der Waals surface area contributed by atoms with Crippen LogP contribution < -0.4 is 5.32 Å². The highest BCUT2D eigenvalue weighted by Crippen LogP contribution is 2.37. The molecular formula is C17H33N3O. The van der Waals surface area contributed by atoms with Crippen molar-refractivity contribution in [1.82, 2.24) is 15.1 Å². The zero-order chi connectivity index (χ0) is 15.3. The molecule has 0 aromatic rings. The Balaban J connectivity index is 1.99. The topological polar surface area (TPSA) is 35.6 Å². The molecule has 0 radical (unpaired) electrons. The van der Waals surface area contributed by atoms with Crippen molar-refractivity contribution in [2.24, 2.45) is 5.41 Å². The van der Waals surface area contributed by atoms with Gasteiger partial charge in [0.25, 0.3) is 0 Å². The fourth-order valence-corrected chi connectivity index (χ4v) is 4.12. The average molecular weight is 295 g/mol. The average Bonchev–Trinajstić information content (AvgIpc) is 2.54. The number of hydrogen-bond donors (Lipinski definition) is 1. The molecule has 1 amide bonds. The second kappa shape index (κ2) is 7.59. The number of rotatable bonds is 5. The van der Waals surface area contributed by atoms with Crippen LogP contribution in [-0.2, 0) is 4.79 Å². The number of carbonyl (C=O) groups excluding carboxylic acids is 1. The van der Waals surface area contributed by atoms with Gasteiger partial charge in [0, 0.05) is 26.2 Å². The van der Waals surface area contributed by atoms with Gasteiger partial charge in [-0.2, -0.15) is 0 Å². The van der Waals surface area contributed by atoms with Gasteiger partial charge in [-0.25, -0.2) is 0 Å². The highest BCUT2D eigenvalue weighted by atomic mass is 16.2. The van der Waals surface area contributed by atoms with E-state index in [1.165, 1.54) is 0 Å². The van der Waals surface area contributed by atoms with Gasteiger partial charge in [-0.15, -0.1) is 0 Å². The molecule has 2 rings (SSSR count). The van der Waals surface area contributed by atoms with E-state index in [2.05, 4.69) is 29.0 Å². The van der Waals surface area contributed by atoms with Gasteiger partial charge in [-0.3, -0.25) is 4.79 Å². The highest BCUT2D eigenvalue weighted by molar-refractivity contribution is 5.83. The quantitative estimate of drug-likeness (QED) is 0.844. The van der Waals surface area contributed by atoms with Crippen LogP contribution in [0.5, 0.6) is 0 Å². The number of carbonyl (C=O) groups is 1. The van der Waals surface area contributed by atoms with Crippen LogP contribution in [0.2, 0.25) is 0 Å². The first kappa shape index (κ1) is 16.8. The summed E-state index contributed by atoms with van der Waals surface area (Å²) < 4.78 is 0. The second-order valence-electron chi connectivity index (χ2n) is 6.86. The summed E-state index contributed by atoms with van der Waals surface area (Å²) in [6.45, 7) is 9.83. The number of nitrogens with zero attached hydrogens (tertiary/aromatic N) is 2. The summed E-state index contributed by atoms with van der Waals surface area (Å²) in [5.41, 5.74) is -0.0867. The molecule has 0 unspecified atom stereocenters. The lowest BCUT2D eigenvalue weighted by molar-refractivity contribution is -0.146. The predicted octanol–water partition coefficient (Wildman–Crippen LogP) is 2.10. The second-order valence-corrected chi connectivity index (χ2v) is 6.86. The Labute approximate surface area is 130 Å². The van der Waals surface area contributed by atoms with Crippen molar-refractivity contribution in [3.05, 3.63) is 0 Å². The van der Waals surface area contributed by atoms with E-state index < -0.39 is 0 Å². The minimum atomic E-state index is -0.0867. The summed E-state index contributed by atoms with van der Waals surface area (Å²) in [7, 11) is 2.05. The predicted molar refractivity (Wildman–Crippen MR) is 87.4 cm³/mol. The Hall–Kier alpha value is -0.610. The van der Waals surface area contributed by atoms with E-state index in [-0.39, 0.29) is 5.41 Å². The molecule has 1 N–H and O–H groups in total. The number of hydrogen-bond acceptors (Lipinski definition) is 3. The molecule has 4 nitrogen and oxygen atoms in total. The molecule has 0 aromatic heterocycles. The van der Waals surface area contributed by atoms with E-state index in [1.807, 2.05) is 7.05 Å². The molecule has 2 aliphatic heterocycles. The standard InChI is InChI=1S/C17H33N3O/c1-4-8-17(9-11-18-12-10-17)16(21)19(3)15-6-13-20(5-2)14-7-15/h15,18H,4-14H2,1-3H3. The SMILES string of the molecule is CCCC1(C(=O)N(C)C2CCN(CC)CC2)CCNCC1. The lowest BCUT2D eigenvalue weighted by Crippen LogP contribution is -2.53. The van der Waals surface area contributed by atoms with Crippen LogP contribution in [0.15, 0.2) is 0 Å². The van der Waals surface area contributed by atoms with Crippen LogP contribution in [0.1, 0.15) is 52.4 Å². The third-order valence-electron chi connectivity index (χ3n) is 5.62. The van der Waals surface area contributed by atoms with E-state index in [0.717, 1.165) is 71.2 Å². The first-order valence-corrected chi connectivity index (χ1v) is 8.83. The van der Waals surface area contributed by atoms with Crippen molar-refractivity contribution in [3.63, 3.8) is 0 Å². The van der Waals surface area contributed by atoms with Crippen molar-refractivity contribution >= 4 is 5.91 Å².